The molecule has 0 amide bonds. The van der Waals surface area contributed by atoms with E-state index in [1.54, 1.807) is 24.4 Å². The molecule has 0 aliphatic heterocycles. The number of aromatic amines is 1. The van der Waals surface area contributed by atoms with Gasteiger partial charge < -0.3 is 15.0 Å². The molecule has 1 atom stereocenters. The zero-order chi connectivity index (χ0) is 20.3. The maximum absolute atomic E-state index is 13.3. The third kappa shape index (κ3) is 4.62. The molecule has 3 aromatic rings. The largest absolute Gasteiger partial charge is 0.487 e. The van der Waals surface area contributed by atoms with Crippen molar-refractivity contribution in [2.24, 2.45) is 0 Å². The van der Waals surface area contributed by atoms with Gasteiger partial charge in [-0.3, -0.25) is 0 Å². The van der Waals surface area contributed by atoms with E-state index in [9.17, 15) is 22.0 Å². The number of fused-ring (bicyclic) bond motifs is 1. The second-order valence-corrected chi connectivity index (χ2v) is 6.53. The summed E-state index contributed by atoms with van der Waals surface area (Å²) in [6, 6.07) is 10.8. The number of H-pyrrole nitrogens is 1. The van der Waals surface area contributed by atoms with Crippen LogP contribution in [0, 0.1) is 5.82 Å². The molecular weight excluding hydrogens is 379 g/mol. The van der Waals surface area contributed by atoms with Gasteiger partial charge in [-0.15, -0.1) is 0 Å². The van der Waals surface area contributed by atoms with E-state index in [1.165, 1.54) is 24.3 Å². The Labute approximate surface area is 158 Å². The van der Waals surface area contributed by atoms with Crippen molar-refractivity contribution in [1.82, 2.24) is 10.3 Å². The molecule has 3 nitrogen and oxygen atoms in total. The molecule has 0 radical (unpaired) electrons. The Morgan fingerprint density at radius 2 is 1.93 bits per heavy atom. The fourth-order valence-corrected chi connectivity index (χ4v) is 2.85. The minimum atomic E-state index is -4.20. The minimum absolute atomic E-state index is 0.0769. The molecule has 0 aliphatic rings. The van der Waals surface area contributed by atoms with Crippen LogP contribution in [0.15, 0.2) is 48.7 Å². The van der Waals surface area contributed by atoms with Gasteiger partial charge in [0.2, 0.25) is 0 Å². The molecule has 1 heterocycles. The smallest absolute Gasteiger partial charge is 0.340 e. The van der Waals surface area contributed by atoms with E-state index in [1.807, 2.05) is 6.92 Å². The Morgan fingerprint density at radius 1 is 1.14 bits per heavy atom. The van der Waals surface area contributed by atoms with Crippen LogP contribution >= 0.6 is 0 Å². The molecule has 1 unspecified atom stereocenters. The summed E-state index contributed by atoms with van der Waals surface area (Å²) < 4.78 is 68.5. The summed E-state index contributed by atoms with van der Waals surface area (Å²) in [6.07, 6.45) is -1.98. The third-order valence-electron chi connectivity index (χ3n) is 4.40. The average molecular weight is 398 g/mol. The van der Waals surface area contributed by atoms with Gasteiger partial charge in [-0.05, 0) is 48.4 Å². The van der Waals surface area contributed by atoms with Crippen LogP contribution in [-0.4, -0.2) is 23.9 Å². The highest BCUT2D eigenvalue weighted by molar-refractivity contribution is 5.83. The zero-order valence-electron chi connectivity index (χ0n) is 15.0. The average Bonchev–Trinajstić information content (AvgIpc) is 3.08. The lowest BCUT2D eigenvalue weighted by atomic mass is 10.1. The lowest BCUT2D eigenvalue weighted by molar-refractivity contribution is -0.148. The molecular formula is C20H19F5N2O. The van der Waals surface area contributed by atoms with Gasteiger partial charge in [-0.25, -0.2) is 13.2 Å². The number of aromatic nitrogens is 1. The molecule has 0 spiro atoms. The van der Waals surface area contributed by atoms with E-state index in [-0.39, 0.29) is 17.6 Å². The number of nitrogens with one attached hydrogen (secondary N) is 2. The number of rotatable bonds is 8. The highest BCUT2D eigenvalue weighted by Gasteiger charge is 2.41. The fourth-order valence-electron chi connectivity index (χ4n) is 2.85. The molecule has 0 bridgehead atoms. The summed E-state index contributed by atoms with van der Waals surface area (Å²) >= 11 is 0. The van der Waals surface area contributed by atoms with E-state index in [0.29, 0.717) is 12.1 Å². The van der Waals surface area contributed by atoms with Crippen molar-refractivity contribution < 1.29 is 26.7 Å². The fraction of sp³-hybridized carbons (Fsp3) is 0.300. The molecule has 2 aromatic carbocycles. The summed E-state index contributed by atoms with van der Waals surface area (Å²) in [6.45, 7) is 0.955. The van der Waals surface area contributed by atoms with Crippen molar-refractivity contribution in [2.45, 2.75) is 31.9 Å². The molecule has 150 valence electrons. The number of hydrogen-bond donors (Lipinski definition) is 2. The first kappa shape index (κ1) is 20.1. The number of halogens is 5. The van der Waals surface area contributed by atoms with E-state index in [4.69, 9.17) is 4.74 Å². The van der Waals surface area contributed by atoms with Crippen molar-refractivity contribution in [3.05, 3.63) is 65.6 Å². The Hall–Kier alpha value is -2.61. The maximum atomic E-state index is 13.3. The SMILES string of the molecule is CC(NCc1cccc(OCC(F)(F)C(F)F)c1)c1c[nH]c2cc(F)ccc12. The highest BCUT2D eigenvalue weighted by atomic mass is 19.3. The minimum Gasteiger partial charge on any atom is -0.487 e. The second-order valence-electron chi connectivity index (χ2n) is 6.53. The lowest BCUT2D eigenvalue weighted by Crippen LogP contribution is -2.33. The zero-order valence-corrected chi connectivity index (χ0v) is 15.0. The number of benzene rings is 2. The number of ether oxygens (including phenoxy) is 1. The summed E-state index contributed by atoms with van der Waals surface area (Å²) in [4.78, 5) is 3.02. The number of hydrogen-bond acceptors (Lipinski definition) is 2. The van der Waals surface area contributed by atoms with Gasteiger partial charge in [-0.1, -0.05) is 12.1 Å². The second kappa shape index (κ2) is 8.18. The molecule has 0 aliphatic carbocycles. The first-order valence-electron chi connectivity index (χ1n) is 8.64. The van der Waals surface area contributed by atoms with Crippen molar-refractivity contribution in [3.8, 4) is 5.75 Å². The summed E-state index contributed by atoms with van der Waals surface area (Å²) in [5, 5.41) is 4.18. The highest BCUT2D eigenvalue weighted by Crippen LogP contribution is 2.26. The van der Waals surface area contributed by atoms with Crippen LogP contribution in [0.4, 0.5) is 22.0 Å². The normalized spacial score (nSPS) is 13.2. The topological polar surface area (TPSA) is 37.0 Å². The van der Waals surface area contributed by atoms with Crippen LogP contribution in [0.2, 0.25) is 0 Å². The van der Waals surface area contributed by atoms with Gasteiger partial charge >= 0.3 is 12.3 Å². The summed E-state index contributed by atoms with van der Waals surface area (Å²) in [7, 11) is 0. The van der Waals surface area contributed by atoms with Crippen molar-refractivity contribution in [2.75, 3.05) is 6.61 Å². The molecule has 2 N–H and O–H groups in total. The standard InChI is InChI=1S/C20H19F5N2O/c1-12(17-10-27-18-8-14(21)5-6-16(17)18)26-9-13-3-2-4-15(7-13)28-11-20(24,25)19(22)23/h2-8,10,12,19,26-27H,9,11H2,1H3. The van der Waals surface area contributed by atoms with Gasteiger partial charge in [0, 0.05) is 29.7 Å². The van der Waals surface area contributed by atoms with Gasteiger partial charge in [0.1, 0.15) is 11.6 Å². The maximum Gasteiger partial charge on any atom is 0.340 e. The van der Waals surface area contributed by atoms with Crippen LogP contribution in [0.1, 0.15) is 24.1 Å². The van der Waals surface area contributed by atoms with E-state index >= 15 is 0 Å². The first-order chi connectivity index (χ1) is 13.3. The summed E-state index contributed by atoms with van der Waals surface area (Å²) in [5.74, 6) is -4.43. The van der Waals surface area contributed by atoms with E-state index in [0.717, 1.165) is 16.5 Å². The third-order valence-corrected chi connectivity index (χ3v) is 4.40. The lowest BCUT2D eigenvalue weighted by Gasteiger charge is -2.17. The van der Waals surface area contributed by atoms with Crippen molar-refractivity contribution >= 4 is 10.9 Å². The van der Waals surface area contributed by atoms with E-state index < -0.39 is 19.0 Å². The summed E-state index contributed by atoms with van der Waals surface area (Å²) in [5.41, 5.74) is 2.40. The predicted octanol–water partition coefficient (Wildman–Crippen LogP) is 5.44. The van der Waals surface area contributed by atoms with E-state index in [2.05, 4.69) is 10.3 Å². The molecule has 0 fully saturated rings. The van der Waals surface area contributed by atoms with Crippen LogP contribution in [0.25, 0.3) is 10.9 Å². The van der Waals surface area contributed by atoms with Gasteiger partial charge in [0.15, 0.2) is 6.61 Å². The molecule has 0 saturated carbocycles. The van der Waals surface area contributed by atoms with Crippen molar-refractivity contribution in [3.63, 3.8) is 0 Å². The van der Waals surface area contributed by atoms with Gasteiger partial charge in [-0.2, -0.15) is 8.78 Å². The van der Waals surface area contributed by atoms with Crippen LogP contribution < -0.4 is 10.1 Å². The van der Waals surface area contributed by atoms with Crippen LogP contribution in [-0.2, 0) is 6.54 Å². The Kier molecular flexibility index (Phi) is 5.88. The Balaban J connectivity index is 1.62. The van der Waals surface area contributed by atoms with Crippen LogP contribution in [0.3, 0.4) is 0 Å². The van der Waals surface area contributed by atoms with Gasteiger partial charge in [0.25, 0.3) is 0 Å². The monoisotopic (exact) mass is 398 g/mol. The molecule has 0 saturated heterocycles. The molecule has 3 rings (SSSR count). The first-order valence-corrected chi connectivity index (χ1v) is 8.64. The van der Waals surface area contributed by atoms with Crippen LogP contribution in [0.5, 0.6) is 5.75 Å². The molecule has 1 aromatic heterocycles. The molecule has 8 heteroatoms. The predicted molar refractivity (Wildman–Crippen MR) is 96.4 cm³/mol. The van der Waals surface area contributed by atoms with Gasteiger partial charge in [0.05, 0.1) is 0 Å². The Bertz CT molecular complexity index is 941. The number of alkyl halides is 4. The van der Waals surface area contributed by atoms with Crippen molar-refractivity contribution in [1.29, 1.82) is 0 Å². The quantitative estimate of drug-likeness (QED) is 0.496. The Morgan fingerprint density at radius 3 is 2.68 bits per heavy atom. The molecule has 28 heavy (non-hydrogen) atoms.